The molecule has 0 aliphatic rings. The highest BCUT2D eigenvalue weighted by Crippen LogP contribution is 2.21. The molecule has 0 fully saturated rings. The molecule has 2 unspecified atom stereocenters. The smallest absolute Gasteiger partial charge is 0.175 e. The second-order valence-corrected chi connectivity index (χ2v) is 4.15. The van der Waals surface area contributed by atoms with Crippen LogP contribution in [-0.4, -0.2) is 24.0 Å². The Morgan fingerprint density at radius 2 is 2.19 bits per heavy atom. The van der Waals surface area contributed by atoms with Gasteiger partial charge in [-0.15, -0.1) is 0 Å². The minimum absolute atomic E-state index is 0.398. The van der Waals surface area contributed by atoms with E-state index in [1.165, 1.54) is 0 Å². The van der Waals surface area contributed by atoms with E-state index in [0.717, 1.165) is 12.1 Å². The van der Waals surface area contributed by atoms with Crippen LogP contribution in [-0.2, 0) is 0 Å². The van der Waals surface area contributed by atoms with Crippen LogP contribution in [0.2, 0.25) is 5.02 Å². The molecule has 3 nitrogen and oxygen atoms in total. The molecule has 0 bridgehead atoms. The normalized spacial score (nSPS) is 14.6. The van der Waals surface area contributed by atoms with E-state index in [1.54, 1.807) is 19.1 Å². The highest BCUT2D eigenvalue weighted by atomic mass is 35.5. The van der Waals surface area contributed by atoms with Gasteiger partial charge in [-0.3, -0.25) is 5.32 Å². The van der Waals surface area contributed by atoms with Crippen molar-refractivity contribution in [3.63, 3.8) is 0 Å². The van der Waals surface area contributed by atoms with Crippen LogP contribution in [0.5, 0.6) is 5.75 Å². The van der Waals surface area contributed by atoms with E-state index < -0.39 is 12.3 Å². The average molecular weight is 244 g/mol. The van der Waals surface area contributed by atoms with Crippen LogP contribution in [0.1, 0.15) is 19.4 Å². The maximum absolute atomic E-state index is 9.51. The Labute approximate surface area is 101 Å². The zero-order valence-corrected chi connectivity index (χ0v) is 10.6. The van der Waals surface area contributed by atoms with E-state index >= 15 is 0 Å². The minimum Gasteiger partial charge on any atom is -0.473 e. The molecule has 0 aliphatic heterocycles. The standard InChI is InChI=1S/C12H18ClNO2/c1-4-14-12(9(3)15)16-10-5-6-11(13)8(2)7-10/h5-7,9,12,14-15H,4H2,1-3H3. The van der Waals surface area contributed by atoms with Gasteiger partial charge >= 0.3 is 0 Å². The number of hydrogen-bond acceptors (Lipinski definition) is 3. The van der Waals surface area contributed by atoms with Gasteiger partial charge in [-0.05, 0) is 44.2 Å². The lowest BCUT2D eigenvalue weighted by Crippen LogP contribution is -2.42. The van der Waals surface area contributed by atoms with E-state index in [1.807, 2.05) is 19.9 Å². The van der Waals surface area contributed by atoms with Crippen LogP contribution in [0.15, 0.2) is 18.2 Å². The summed E-state index contributed by atoms with van der Waals surface area (Å²) in [5.74, 6) is 0.703. The summed E-state index contributed by atoms with van der Waals surface area (Å²) in [5.41, 5.74) is 0.958. The quantitative estimate of drug-likeness (QED) is 0.780. The van der Waals surface area contributed by atoms with E-state index in [-0.39, 0.29) is 0 Å². The number of aliphatic hydroxyl groups is 1. The summed E-state index contributed by atoms with van der Waals surface area (Å²) in [6.07, 6.45) is -0.971. The topological polar surface area (TPSA) is 41.5 Å². The Morgan fingerprint density at radius 3 is 2.69 bits per heavy atom. The number of aryl methyl sites for hydroxylation is 1. The first-order valence-electron chi connectivity index (χ1n) is 5.39. The van der Waals surface area contributed by atoms with Crippen molar-refractivity contribution in [2.24, 2.45) is 0 Å². The first kappa shape index (κ1) is 13.3. The molecular formula is C12H18ClNO2. The van der Waals surface area contributed by atoms with E-state index in [0.29, 0.717) is 10.8 Å². The fourth-order valence-electron chi connectivity index (χ4n) is 1.35. The maximum atomic E-state index is 9.51. The number of rotatable bonds is 5. The molecule has 0 saturated heterocycles. The molecule has 1 aromatic rings. The van der Waals surface area contributed by atoms with Gasteiger partial charge in [-0.25, -0.2) is 0 Å². The van der Waals surface area contributed by atoms with Crippen LogP contribution in [0.25, 0.3) is 0 Å². The molecular weight excluding hydrogens is 226 g/mol. The van der Waals surface area contributed by atoms with Crippen molar-refractivity contribution in [1.82, 2.24) is 5.32 Å². The molecule has 0 amide bonds. The molecule has 90 valence electrons. The fraction of sp³-hybridized carbons (Fsp3) is 0.500. The molecule has 0 spiro atoms. The first-order chi connectivity index (χ1) is 7.54. The molecule has 1 rings (SSSR count). The van der Waals surface area contributed by atoms with Crippen LogP contribution in [0.4, 0.5) is 0 Å². The monoisotopic (exact) mass is 243 g/mol. The zero-order chi connectivity index (χ0) is 12.1. The lowest BCUT2D eigenvalue weighted by molar-refractivity contribution is 0.0281. The minimum atomic E-state index is -0.573. The molecule has 0 aliphatic carbocycles. The van der Waals surface area contributed by atoms with Gasteiger partial charge in [-0.1, -0.05) is 18.5 Å². The van der Waals surface area contributed by atoms with E-state index in [4.69, 9.17) is 16.3 Å². The summed E-state index contributed by atoms with van der Waals surface area (Å²) in [6, 6.07) is 5.44. The third kappa shape index (κ3) is 3.67. The van der Waals surface area contributed by atoms with Gasteiger partial charge in [0, 0.05) is 5.02 Å². The largest absolute Gasteiger partial charge is 0.473 e. The number of ether oxygens (including phenoxy) is 1. The summed E-state index contributed by atoms with van der Waals surface area (Å²) >= 11 is 5.92. The van der Waals surface area contributed by atoms with Gasteiger partial charge in [0.2, 0.25) is 0 Å². The molecule has 0 aromatic heterocycles. The van der Waals surface area contributed by atoms with Crippen molar-refractivity contribution in [2.75, 3.05) is 6.54 Å². The number of benzene rings is 1. The Morgan fingerprint density at radius 1 is 1.50 bits per heavy atom. The van der Waals surface area contributed by atoms with Gasteiger partial charge in [-0.2, -0.15) is 0 Å². The second kappa shape index (κ2) is 6.09. The predicted octanol–water partition coefficient (Wildman–Crippen LogP) is 2.34. The molecule has 1 aromatic carbocycles. The van der Waals surface area contributed by atoms with Gasteiger partial charge < -0.3 is 9.84 Å². The van der Waals surface area contributed by atoms with Crippen molar-refractivity contribution < 1.29 is 9.84 Å². The zero-order valence-electron chi connectivity index (χ0n) is 9.83. The summed E-state index contributed by atoms with van der Waals surface area (Å²) in [6.45, 7) is 6.31. The van der Waals surface area contributed by atoms with Crippen molar-refractivity contribution in [2.45, 2.75) is 33.1 Å². The summed E-state index contributed by atoms with van der Waals surface area (Å²) in [7, 11) is 0. The molecule has 0 saturated carbocycles. The van der Waals surface area contributed by atoms with Gasteiger partial charge in [0.05, 0.1) is 0 Å². The number of likely N-dealkylation sites (N-methyl/N-ethyl adjacent to an activating group) is 1. The number of halogens is 1. The number of aliphatic hydroxyl groups excluding tert-OH is 1. The van der Waals surface area contributed by atoms with E-state index in [9.17, 15) is 5.11 Å². The van der Waals surface area contributed by atoms with Crippen molar-refractivity contribution in [1.29, 1.82) is 0 Å². The summed E-state index contributed by atoms with van der Waals surface area (Å²) in [5, 5.41) is 13.3. The Balaban J connectivity index is 2.73. The van der Waals surface area contributed by atoms with Crippen LogP contribution >= 0.6 is 11.6 Å². The molecule has 16 heavy (non-hydrogen) atoms. The fourth-order valence-corrected chi connectivity index (χ4v) is 1.47. The van der Waals surface area contributed by atoms with Crippen LogP contribution in [0, 0.1) is 6.92 Å². The maximum Gasteiger partial charge on any atom is 0.175 e. The third-order valence-corrected chi connectivity index (χ3v) is 2.66. The van der Waals surface area contributed by atoms with Gasteiger partial charge in [0.1, 0.15) is 11.9 Å². The van der Waals surface area contributed by atoms with Crippen molar-refractivity contribution >= 4 is 11.6 Å². The molecule has 0 radical (unpaired) electrons. The molecule has 0 heterocycles. The third-order valence-electron chi connectivity index (χ3n) is 2.24. The Kier molecular flexibility index (Phi) is 5.06. The predicted molar refractivity (Wildman–Crippen MR) is 66.0 cm³/mol. The molecule has 4 heteroatoms. The van der Waals surface area contributed by atoms with Gasteiger partial charge in [0.15, 0.2) is 6.23 Å². The summed E-state index contributed by atoms with van der Waals surface area (Å²) < 4.78 is 5.63. The first-order valence-corrected chi connectivity index (χ1v) is 5.76. The average Bonchev–Trinajstić information content (AvgIpc) is 2.22. The summed E-state index contributed by atoms with van der Waals surface area (Å²) in [4.78, 5) is 0. The number of hydrogen-bond donors (Lipinski definition) is 2. The van der Waals surface area contributed by atoms with Gasteiger partial charge in [0.25, 0.3) is 0 Å². The van der Waals surface area contributed by atoms with Crippen LogP contribution in [0.3, 0.4) is 0 Å². The highest BCUT2D eigenvalue weighted by molar-refractivity contribution is 6.31. The van der Waals surface area contributed by atoms with Crippen molar-refractivity contribution in [3.05, 3.63) is 28.8 Å². The lowest BCUT2D eigenvalue weighted by Gasteiger charge is -2.22. The molecule has 2 N–H and O–H groups in total. The SMILES string of the molecule is CCNC(Oc1ccc(Cl)c(C)c1)C(C)O. The lowest BCUT2D eigenvalue weighted by atomic mass is 10.2. The Bertz CT molecular complexity index is 342. The highest BCUT2D eigenvalue weighted by Gasteiger charge is 2.15. The van der Waals surface area contributed by atoms with Crippen LogP contribution < -0.4 is 10.1 Å². The van der Waals surface area contributed by atoms with Crippen molar-refractivity contribution in [3.8, 4) is 5.75 Å². The second-order valence-electron chi connectivity index (χ2n) is 3.75. The molecule has 2 atom stereocenters. The number of nitrogens with one attached hydrogen (secondary N) is 1. The van der Waals surface area contributed by atoms with E-state index in [2.05, 4.69) is 5.32 Å². The Hall–Kier alpha value is -0.770.